The van der Waals surface area contributed by atoms with Crippen LogP contribution in [0.25, 0.3) is 11.0 Å². The third-order valence-electron chi connectivity index (χ3n) is 3.31. The van der Waals surface area contributed by atoms with Gasteiger partial charge in [-0.1, -0.05) is 23.4 Å². The molecule has 5 nitrogen and oxygen atoms in total. The van der Waals surface area contributed by atoms with Crippen LogP contribution in [0.1, 0.15) is 18.4 Å². The molecule has 1 aliphatic carbocycles. The summed E-state index contributed by atoms with van der Waals surface area (Å²) in [6.07, 6.45) is 3.25. The third-order valence-corrected chi connectivity index (χ3v) is 4.14. The van der Waals surface area contributed by atoms with E-state index in [4.69, 9.17) is 11.6 Å². The Kier molecular flexibility index (Phi) is 2.77. The minimum absolute atomic E-state index is 0.270. The number of thioether (sulfide) groups is 1. The normalized spacial score (nSPS) is 16.3. The quantitative estimate of drug-likeness (QED) is 0.521. The standard InChI is InChI=1S/C12H9ClN4OS/c1-19-11-15-8(13)6-4-7(12(5-14)2-3-12)10(18)16-9(6)17-11/h4H,2-3H2,1H3,(H,15,16,17,18). The molecule has 0 aliphatic heterocycles. The number of nitriles is 1. The Morgan fingerprint density at radius 2 is 2.26 bits per heavy atom. The van der Waals surface area contributed by atoms with E-state index < -0.39 is 5.41 Å². The summed E-state index contributed by atoms with van der Waals surface area (Å²) >= 11 is 7.46. The molecule has 2 aromatic heterocycles. The molecule has 2 heterocycles. The average Bonchev–Trinajstić information content (AvgIpc) is 3.18. The van der Waals surface area contributed by atoms with E-state index >= 15 is 0 Å². The summed E-state index contributed by atoms with van der Waals surface area (Å²) in [7, 11) is 0. The van der Waals surface area contributed by atoms with Gasteiger partial charge >= 0.3 is 0 Å². The fourth-order valence-electron chi connectivity index (χ4n) is 2.04. The molecule has 7 heteroatoms. The molecule has 0 radical (unpaired) electrons. The Balaban J connectivity index is 2.30. The molecule has 1 fully saturated rings. The van der Waals surface area contributed by atoms with Crippen LogP contribution in [0.2, 0.25) is 5.15 Å². The first-order valence-corrected chi connectivity index (χ1v) is 7.26. The Labute approximate surface area is 118 Å². The van der Waals surface area contributed by atoms with Crippen molar-refractivity contribution in [3.8, 4) is 6.07 Å². The second-order valence-electron chi connectivity index (χ2n) is 4.47. The van der Waals surface area contributed by atoms with Gasteiger partial charge in [0.15, 0.2) is 5.16 Å². The predicted molar refractivity (Wildman–Crippen MR) is 73.5 cm³/mol. The first-order chi connectivity index (χ1) is 9.09. The zero-order chi connectivity index (χ0) is 13.6. The molecular formula is C12H9ClN4OS. The van der Waals surface area contributed by atoms with Crippen molar-refractivity contribution in [1.82, 2.24) is 15.0 Å². The lowest BCUT2D eigenvalue weighted by molar-refractivity contribution is 0.879. The average molecular weight is 293 g/mol. The molecule has 0 atom stereocenters. The molecule has 0 bridgehead atoms. The number of hydrogen-bond acceptors (Lipinski definition) is 5. The summed E-state index contributed by atoms with van der Waals surface area (Å²) in [6.45, 7) is 0. The highest BCUT2D eigenvalue weighted by Gasteiger charge is 2.47. The van der Waals surface area contributed by atoms with E-state index in [1.54, 1.807) is 6.07 Å². The number of fused-ring (bicyclic) bond motifs is 1. The van der Waals surface area contributed by atoms with E-state index in [1.807, 2.05) is 6.26 Å². The van der Waals surface area contributed by atoms with Crippen LogP contribution >= 0.6 is 23.4 Å². The van der Waals surface area contributed by atoms with Gasteiger partial charge in [-0.3, -0.25) is 4.79 Å². The number of halogens is 1. The smallest absolute Gasteiger partial charge is 0.254 e. The lowest BCUT2D eigenvalue weighted by atomic mass is 9.99. The number of H-pyrrole nitrogens is 1. The number of aromatic amines is 1. The molecule has 19 heavy (non-hydrogen) atoms. The summed E-state index contributed by atoms with van der Waals surface area (Å²) in [6, 6.07) is 3.86. The van der Waals surface area contributed by atoms with Crippen LogP contribution in [-0.4, -0.2) is 21.2 Å². The fourth-order valence-corrected chi connectivity index (χ4v) is 2.68. The Morgan fingerprint density at radius 3 is 2.84 bits per heavy atom. The molecule has 0 amide bonds. The maximum absolute atomic E-state index is 12.1. The van der Waals surface area contributed by atoms with Crippen LogP contribution in [-0.2, 0) is 5.41 Å². The number of hydrogen-bond donors (Lipinski definition) is 1. The molecule has 1 N–H and O–H groups in total. The van der Waals surface area contributed by atoms with Gasteiger partial charge < -0.3 is 4.98 Å². The zero-order valence-corrected chi connectivity index (χ0v) is 11.6. The van der Waals surface area contributed by atoms with E-state index in [1.165, 1.54) is 11.8 Å². The Hall–Kier alpha value is -1.58. The second kappa shape index (κ2) is 4.22. The second-order valence-corrected chi connectivity index (χ2v) is 5.60. The van der Waals surface area contributed by atoms with Crippen LogP contribution in [0.4, 0.5) is 0 Å². The van der Waals surface area contributed by atoms with Crippen molar-refractivity contribution >= 4 is 34.4 Å². The van der Waals surface area contributed by atoms with Crippen LogP contribution in [0.15, 0.2) is 16.0 Å². The molecule has 1 aliphatic rings. The SMILES string of the molecule is CSc1nc(Cl)c2cc(C3(C#N)CC3)c(=O)[nH]c2n1. The van der Waals surface area contributed by atoms with E-state index in [0.717, 1.165) is 0 Å². The highest BCUT2D eigenvalue weighted by atomic mass is 35.5. The molecule has 0 saturated heterocycles. The zero-order valence-electron chi connectivity index (χ0n) is 10.0. The first-order valence-electron chi connectivity index (χ1n) is 5.66. The van der Waals surface area contributed by atoms with Gasteiger partial charge in [-0.15, -0.1) is 0 Å². The van der Waals surface area contributed by atoms with Crippen molar-refractivity contribution in [3.63, 3.8) is 0 Å². The summed E-state index contributed by atoms with van der Waals surface area (Å²) in [5.74, 6) is 0. The number of pyridine rings is 1. The predicted octanol–water partition coefficient (Wildman–Crippen LogP) is 2.25. The lowest BCUT2D eigenvalue weighted by Crippen LogP contribution is -2.20. The van der Waals surface area contributed by atoms with Gasteiger partial charge in [-0.25, -0.2) is 9.97 Å². The highest BCUT2D eigenvalue weighted by Crippen LogP contribution is 2.46. The van der Waals surface area contributed by atoms with Crippen molar-refractivity contribution in [3.05, 3.63) is 27.1 Å². The molecule has 1 saturated carbocycles. The molecule has 0 spiro atoms. The van der Waals surface area contributed by atoms with Gasteiger partial charge in [0.05, 0.1) is 16.9 Å². The largest absolute Gasteiger partial charge is 0.306 e. The van der Waals surface area contributed by atoms with Crippen LogP contribution in [0, 0.1) is 11.3 Å². The van der Waals surface area contributed by atoms with Crippen molar-refractivity contribution in [2.24, 2.45) is 0 Å². The van der Waals surface area contributed by atoms with Crippen LogP contribution in [0.5, 0.6) is 0 Å². The Morgan fingerprint density at radius 1 is 1.53 bits per heavy atom. The Bertz CT molecular complexity index is 776. The van der Waals surface area contributed by atoms with E-state index in [2.05, 4.69) is 21.0 Å². The number of aromatic nitrogens is 3. The molecule has 0 aromatic carbocycles. The van der Waals surface area contributed by atoms with Gasteiger partial charge in [0, 0.05) is 5.56 Å². The van der Waals surface area contributed by atoms with Gasteiger partial charge in [-0.05, 0) is 25.2 Å². The number of rotatable bonds is 2. The maximum atomic E-state index is 12.1. The molecular weight excluding hydrogens is 284 g/mol. The third kappa shape index (κ3) is 1.90. The minimum atomic E-state index is -0.650. The molecule has 3 rings (SSSR count). The fraction of sp³-hybridized carbons (Fsp3) is 0.333. The van der Waals surface area contributed by atoms with Crippen molar-refractivity contribution in [1.29, 1.82) is 5.26 Å². The van der Waals surface area contributed by atoms with Crippen LogP contribution < -0.4 is 5.56 Å². The van der Waals surface area contributed by atoms with Crippen molar-refractivity contribution < 1.29 is 0 Å². The maximum Gasteiger partial charge on any atom is 0.254 e. The van der Waals surface area contributed by atoms with Crippen molar-refractivity contribution in [2.45, 2.75) is 23.4 Å². The van der Waals surface area contributed by atoms with E-state index in [9.17, 15) is 10.1 Å². The first kappa shape index (κ1) is 12.5. The molecule has 2 aromatic rings. The molecule has 96 valence electrons. The monoisotopic (exact) mass is 292 g/mol. The summed E-state index contributed by atoms with van der Waals surface area (Å²) in [5, 5.41) is 10.6. The van der Waals surface area contributed by atoms with Gasteiger partial charge in [0.25, 0.3) is 5.56 Å². The van der Waals surface area contributed by atoms with Gasteiger partial charge in [0.2, 0.25) is 0 Å². The van der Waals surface area contributed by atoms with Gasteiger partial charge in [0.1, 0.15) is 10.8 Å². The topological polar surface area (TPSA) is 82.4 Å². The summed E-state index contributed by atoms with van der Waals surface area (Å²) in [5.41, 5.74) is -0.0476. The highest BCUT2D eigenvalue weighted by molar-refractivity contribution is 7.98. The lowest BCUT2D eigenvalue weighted by Gasteiger charge is -2.07. The van der Waals surface area contributed by atoms with E-state index in [-0.39, 0.29) is 5.56 Å². The number of nitrogens with zero attached hydrogens (tertiary/aromatic N) is 3. The summed E-state index contributed by atoms with van der Waals surface area (Å²) in [4.78, 5) is 23.1. The summed E-state index contributed by atoms with van der Waals surface area (Å²) < 4.78 is 0. The van der Waals surface area contributed by atoms with Gasteiger partial charge in [-0.2, -0.15) is 5.26 Å². The molecule has 0 unspecified atom stereocenters. The van der Waals surface area contributed by atoms with E-state index in [0.29, 0.717) is 39.7 Å². The minimum Gasteiger partial charge on any atom is -0.306 e. The van der Waals surface area contributed by atoms with Crippen molar-refractivity contribution in [2.75, 3.05) is 6.26 Å². The van der Waals surface area contributed by atoms with Crippen LogP contribution in [0.3, 0.4) is 0 Å². The number of nitrogens with one attached hydrogen (secondary N) is 1.